The van der Waals surface area contributed by atoms with E-state index in [-0.39, 0.29) is 0 Å². The third kappa shape index (κ3) is 3.47. The fourth-order valence-electron chi connectivity index (χ4n) is 1.80. The molecule has 2 rings (SSSR count). The van der Waals surface area contributed by atoms with Crippen molar-refractivity contribution >= 4 is 22.6 Å². The molecule has 0 aromatic heterocycles. The largest absolute Gasteiger partial charge is 0.481 e. The molecule has 0 aliphatic carbocycles. The first kappa shape index (κ1) is 13.9. The van der Waals surface area contributed by atoms with E-state index in [9.17, 15) is 9.59 Å². The molecular weight excluding hydrogens is 258 g/mol. The molecule has 0 bridgehead atoms. The summed E-state index contributed by atoms with van der Waals surface area (Å²) in [6, 6.07) is 13.4. The number of carbonyl (C=O) groups is 2. The number of rotatable bonds is 5. The highest BCUT2D eigenvalue weighted by Crippen LogP contribution is 2.21. The van der Waals surface area contributed by atoms with E-state index in [1.807, 2.05) is 36.4 Å². The Kier molecular flexibility index (Phi) is 4.20. The highest BCUT2D eigenvalue weighted by molar-refractivity contribution is 5.85. The Labute approximate surface area is 116 Å². The van der Waals surface area contributed by atoms with Gasteiger partial charge >= 0.3 is 5.97 Å². The number of carboxylic acid groups (broad SMARTS) is 1. The van der Waals surface area contributed by atoms with Crippen LogP contribution in [0, 0.1) is 0 Å². The van der Waals surface area contributed by atoms with Crippen LogP contribution in [0.4, 0.5) is 0 Å². The van der Waals surface area contributed by atoms with Gasteiger partial charge in [-0.15, -0.1) is 0 Å². The van der Waals surface area contributed by atoms with Crippen LogP contribution in [-0.4, -0.2) is 29.6 Å². The second kappa shape index (κ2) is 6.06. The van der Waals surface area contributed by atoms with Crippen LogP contribution in [-0.2, 0) is 9.59 Å². The smallest absolute Gasteiger partial charge is 0.322 e. The summed E-state index contributed by atoms with van der Waals surface area (Å²) in [5, 5.41) is 12.9. The molecule has 0 fully saturated rings. The fraction of sp³-hybridized carbons (Fsp3) is 0.200. The Morgan fingerprint density at radius 3 is 2.60 bits per heavy atom. The van der Waals surface area contributed by atoms with Crippen LogP contribution >= 0.6 is 0 Å². The second-order valence-electron chi connectivity index (χ2n) is 4.38. The molecule has 2 N–H and O–H groups in total. The number of aliphatic carboxylic acids is 1. The van der Waals surface area contributed by atoms with Crippen molar-refractivity contribution in [1.82, 2.24) is 5.32 Å². The van der Waals surface area contributed by atoms with Crippen LogP contribution < -0.4 is 10.1 Å². The number of benzene rings is 2. The van der Waals surface area contributed by atoms with Gasteiger partial charge in [0, 0.05) is 0 Å². The minimum Gasteiger partial charge on any atom is -0.481 e. The number of fused-ring (bicyclic) bond motifs is 1. The number of carbonyl (C=O) groups excluding carboxylic acids is 1. The first-order valence-electron chi connectivity index (χ1n) is 6.21. The molecule has 0 radical (unpaired) electrons. The third-order valence-electron chi connectivity index (χ3n) is 2.82. The first-order chi connectivity index (χ1) is 9.56. The Bertz CT molecular complexity index is 639. The SMILES string of the molecule is CC(Oc1ccc2ccccc2c1)C(=O)NCC(=O)O. The monoisotopic (exact) mass is 273 g/mol. The minimum atomic E-state index is -1.09. The molecule has 104 valence electrons. The topological polar surface area (TPSA) is 75.6 Å². The quantitative estimate of drug-likeness (QED) is 0.871. The van der Waals surface area contributed by atoms with E-state index in [0.717, 1.165) is 10.8 Å². The molecule has 0 spiro atoms. The highest BCUT2D eigenvalue weighted by atomic mass is 16.5. The number of amides is 1. The van der Waals surface area contributed by atoms with Gasteiger partial charge in [0.15, 0.2) is 6.10 Å². The zero-order chi connectivity index (χ0) is 14.5. The van der Waals surface area contributed by atoms with Gasteiger partial charge in [0.1, 0.15) is 12.3 Å². The number of hydrogen-bond acceptors (Lipinski definition) is 3. The van der Waals surface area contributed by atoms with Crippen molar-refractivity contribution < 1.29 is 19.4 Å². The summed E-state index contributed by atoms with van der Waals surface area (Å²) in [5.41, 5.74) is 0. The van der Waals surface area contributed by atoms with E-state index in [1.54, 1.807) is 13.0 Å². The zero-order valence-corrected chi connectivity index (χ0v) is 11.0. The molecule has 0 heterocycles. The van der Waals surface area contributed by atoms with Gasteiger partial charge in [-0.3, -0.25) is 9.59 Å². The summed E-state index contributed by atoms with van der Waals surface area (Å²) in [6.45, 7) is 1.16. The maximum atomic E-state index is 11.6. The van der Waals surface area contributed by atoms with E-state index >= 15 is 0 Å². The molecule has 5 heteroatoms. The lowest BCUT2D eigenvalue weighted by molar-refractivity contribution is -0.139. The van der Waals surface area contributed by atoms with Gasteiger partial charge < -0.3 is 15.2 Å². The number of nitrogens with one attached hydrogen (secondary N) is 1. The summed E-state index contributed by atoms with van der Waals surface area (Å²) in [7, 11) is 0. The van der Waals surface area contributed by atoms with Gasteiger partial charge in [0.05, 0.1) is 0 Å². The van der Waals surface area contributed by atoms with E-state index in [1.165, 1.54) is 0 Å². The van der Waals surface area contributed by atoms with Crippen LogP contribution in [0.3, 0.4) is 0 Å². The normalized spacial score (nSPS) is 11.8. The standard InChI is InChI=1S/C15H15NO4/c1-10(15(19)16-9-14(17)18)20-13-7-6-11-4-2-3-5-12(11)8-13/h2-8,10H,9H2,1H3,(H,16,19)(H,17,18). The van der Waals surface area contributed by atoms with Crippen LogP contribution in [0.1, 0.15) is 6.92 Å². The van der Waals surface area contributed by atoms with Crippen molar-refractivity contribution in [3.8, 4) is 5.75 Å². The lowest BCUT2D eigenvalue weighted by atomic mass is 10.1. The van der Waals surface area contributed by atoms with Crippen LogP contribution in [0.2, 0.25) is 0 Å². The summed E-state index contributed by atoms with van der Waals surface area (Å²) < 4.78 is 5.51. The van der Waals surface area contributed by atoms with Gasteiger partial charge in [-0.25, -0.2) is 0 Å². The molecule has 2 aromatic carbocycles. The molecule has 0 saturated heterocycles. The number of ether oxygens (including phenoxy) is 1. The minimum absolute atomic E-state index is 0.412. The number of carboxylic acids is 1. The van der Waals surface area contributed by atoms with E-state index < -0.39 is 24.5 Å². The molecule has 1 unspecified atom stereocenters. The maximum absolute atomic E-state index is 11.6. The Balaban J connectivity index is 2.03. The second-order valence-corrected chi connectivity index (χ2v) is 4.38. The van der Waals surface area contributed by atoms with Gasteiger partial charge in [0.2, 0.25) is 0 Å². The average Bonchev–Trinajstić information content (AvgIpc) is 2.44. The molecule has 2 aromatic rings. The van der Waals surface area contributed by atoms with E-state index in [4.69, 9.17) is 9.84 Å². The van der Waals surface area contributed by atoms with Crippen molar-refractivity contribution in [2.24, 2.45) is 0 Å². The highest BCUT2D eigenvalue weighted by Gasteiger charge is 2.15. The fourth-order valence-corrected chi connectivity index (χ4v) is 1.80. The molecule has 20 heavy (non-hydrogen) atoms. The third-order valence-corrected chi connectivity index (χ3v) is 2.82. The Morgan fingerprint density at radius 1 is 1.20 bits per heavy atom. The van der Waals surface area contributed by atoms with E-state index in [2.05, 4.69) is 5.32 Å². The van der Waals surface area contributed by atoms with Crippen LogP contribution in [0.25, 0.3) is 10.8 Å². The van der Waals surface area contributed by atoms with E-state index in [0.29, 0.717) is 5.75 Å². The van der Waals surface area contributed by atoms with Crippen molar-refractivity contribution in [1.29, 1.82) is 0 Å². The maximum Gasteiger partial charge on any atom is 0.322 e. The molecule has 0 saturated carbocycles. The van der Waals surface area contributed by atoms with Crippen molar-refractivity contribution in [3.63, 3.8) is 0 Å². The van der Waals surface area contributed by atoms with Crippen molar-refractivity contribution in [2.75, 3.05) is 6.54 Å². The summed E-state index contributed by atoms with van der Waals surface area (Å²) in [4.78, 5) is 22.0. The molecule has 1 amide bonds. The average molecular weight is 273 g/mol. The summed E-state index contributed by atoms with van der Waals surface area (Å²) in [5.74, 6) is -0.974. The van der Waals surface area contributed by atoms with Gasteiger partial charge in [0.25, 0.3) is 5.91 Å². The lowest BCUT2D eigenvalue weighted by Gasteiger charge is -2.14. The van der Waals surface area contributed by atoms with Crippen LogP contribution in [0.15, 0.2) is 42.5 Å². The van der Waals surface area contributed by atoms with Crippen LogP contribution in [0.5, 0.6) is 5.75 Å². The van der Waals surface area contributed by atoms with Crippen molar-refractivity contribution in [3.05, 3.63) is 42.5 Å². The van der Waals surface area contributed by atoms with Gasteiger partial charge in [-0.05, 0) is 29.8 Å². The molecule has 0 aliphatic heterocycles. The molecule has 5 nitrogen and oxygen atoms in total. The van der Waals surface area contributed by atoms with Crippen molar-refractivity contribution in [2.45, 2.75) is 13.0 Å². The van der Waals surface area contributed by atoms with Gasteiger partial charge in [-0.1, -0.05) is 30.3 Å². The predicted octanol–water partition coefficient (Wildman–Crippen LogP) is 1.81. The zero-order valence-electron chi connectivity index (χ0n) is 11.0. The lowest BCUT2D eigenvalue weighted by Crippen LogP contribution is -2.39. The predicted molar refractivity (Wildman–Crippen MR) is 74.7 cm³/mol. The molecule has 1 atom stereocenters. The molecule has 0 aliphatic rings. The Morgan fingerprint density at radius 2 is 1.90 bits per heavy atom. The van der Waals surface area contributed by atoms with Gasteiger partial charge in [-0.2, -0.15) is 0 Å². The summed E-state index contributed by atoms with van der Waals surface area (Å²) in [6.07, 6.45) is -0.754. The first-order valence-corrected chi connectivity index (χ1v) is 6.21. The summed E-state index contributed by atoms with van der Waals surface area (Å²) >= 11 is 0. The Hall–Kier alpha value is -2.56. The number of hydrogen-bond donors (Lipinski definition) is 2. The molecular formula is C15H15NO4.